The van der Waals surface area contributed by atoms with Crippen molar-refractivity contribution in [2.45, 2.75) is 32.1 Å². The van der Waals surface area contributed by atoms with E-state index in [4.69, 9.17) is 0 Å². The van der Waals surface area contributed by atoms with Crippen molar-refractivity contribution in [1.29, 1.82) is 0 Å². The van der Waals surface area contributed by atoms with Crippen LogP contribution in [0.4, 0.5) is 5.69 Å². The second-order valence-corrected chi connectivity index (χ2v) is 3.37. The molecule has 0 bridgehead atoms. The van der Waals surface area contributed by atoms with Crippen LogP contribution >= 0.6 is 11.8 Å². The molecule has 78 valence electrons. The van der Waals surface area contributed by atoms with E-state index in [9.17, 15) is 0 Å². The Morgan fingerprint density at radius 3 is 2.43 bits per heavy atom. The van der Waals surface area contributed by atoms with Gasteiger partial charge in [0.05, 0.1) is 5.69 Å². The fourth-order valence-corrected chi connectivity index (χ4v) is 1.68. The van der Waals surface area contributed by atoms with Gasteiger partial charge in [-0.15, -0.1) is 11.8 Å². The Bertz CT molecular complexity index is 282. The Balaban J connectivity index is 0.000000791. The molecular weight excluding hydrogens is 190 g/mol. The summed E-state index contributed by atoms with van der Waals surface area (Å²) >= 11 is 1.72. The van der Waals surface area contributed by atoms with Crippen LogP contribution in [0.2, 0.25) is 0 Å². The number of rotatable bonds is 3. The fourth-order valence-electron chi connectivity index (χ4n) is 1.07. The second kappa shape index (κ2) is 7.63. The van der Waals surface area contributed by atoms with E-state index in [2.05, 4.69) is 37.0 Å². The quantitative estimate of drug-likeness (QED) is 0.533. The molecule has 0 aromatic heterocycles. The molecule has 1 aromatic rings. The van der Waals surface area contributed by atoms with E-state index in [-0.39, 0.29) is 0 Å². The van der Waals surface area contributed by atoms with Gasteiger partial charge in [-0.2, -0.15) is 0 Å². The van der Waals surface area contributed by atoms with Crippen molar-refractivity contribution in [3.63, 3.8) is 0 Å². The van der Waals surface area contributed by atoms with Crippen molar-refractivity contribution >= 4 is 24.2 Å². The van der Waals surface area contributed by atoms with E-state index in [1.165, 1.54) is 10.5 Å². The Morgan fingerprint density at radius 2 is 2.00 bits per heavy atom. The molecule has 1 rings (SSSR count). The highest BCUT2D eigenvalue weighted by atomic mass is 32.2. The summed E-state index contributed by atoms with van der Waals surface area (Å²) in [5.41, 5.74) is 2.34. The number of aliphatic imine (C=N–C) groups is 1. The first-order valence-corrected chi connectivity index (χ1v) is 6.18. The Morgan fingerprint density at radius 1 is 1.36 bits per heavy atom. The molecule has 0 radical (unpaired) electrons. The molecule has 0 aliphatic heterocycles. The van der Waals surface area contributed by atoms with Crippen LogP contribution < -0.4 is 0 Å². The van der Waals surface area contributed by atoms with E-state index in [1.54, 1.807) is 11.8 Å². The van der Waals surface area contributed by atoms with Gasteiger partial charge in [-0.05, 0) is 37.1 Å². The van der Waals surface area contributed by atoms with Gasteiger partial charge in [0.25, 0.3) is 0 Å². The zero-order valence-corrected chi connectivity index (χ0v) is 10.3. The molecule has 14 heavy (non-hydrogen) atoms. The predicted molar refractivity (Wildman–Crippen MR) is 68.2 cm³/mol. The van der Waals surface area contributed by atoms with E-state index < -0.39 is 0 Å². The fraction of sp³-hybridized carbons (Fsp3) is 0.417. The SMILES string of the molecule is C=Nc1ccc(CC)cc1SC.CC. The summed E-state index contributed by atoms with van der Waals surface area (Å²) < 4.78 is 0. The summed E-state index contributed by atoms with van der Waals surface area (Å²) in [6.45, 7) is 9.68. The number of benzene rings is 1. The lowest BCUT2D eigenvalue weighted by Gasteiger charge is -2.03. The van der Waals surface area contributed by atoms with Gasteiger partial charge in [-0.3, -0.25) is 4.99 Å². The molecule has 0 amide bonds. The molecule has 0 aliphatic rings. The van der Waals surface area contributed by atoms with Gasteiger partial charge in [0, 0.05) is 4.90 Å². The third-order valence-electron chi connectivity index (χ3n) is 1.82. The van der Waals surface area contributed by atoms with Crippen LogP contribution in [0.5, 0.6) is 0 Å². The topological polar surface area (TPSA) is 12.4 Å². The first-order chi connectivity index (χ1) is 6.81. The lowest BCUT2D eigenvalue weighted by molar-refractivity contribution is 1.12. The third kappa shape index (κ3) is 3.54. The summed E-state index contributed by atoms with van der Waals surface area (Å²) in [6.07, 6.45) is 3.13. The monoisotopic (exact) mass is 209 g/mol. The van der Waals surface area contributed by atoms with Crippen LogP contribution in [0.25, 0.3) is 0 Å². The number of hydrogen-bond acceptors (Lipinski definition) is 2. The highest BCUT2D eigenvalue weighted by Crippen LogP contribution is 2.28. The number of nitrogens with zero attached hydrogens (tertiary/aromatic N) is 1. The van der Waals surface area contributed by atoms with Crippen molar-refractivity contribution in [2.24, 2.45) is 4.99 Å². The summed E-state index contributed by atoms with van der Waals surface area (Å²) in [5, 5.41) is 0. The van der Waals surface area contributed by atoms with E-state index in [0.717, 1.165) is 12.1 Å². The van der Waals surface area contributed by atoms with Gasteiger partial charge in [0.15, 0.2) is 0 Å². The number of aryl methyl sites for hydroxylation is 1. The van der Waals surface area contributed by atoms with Gasteiger partial charge < -0.3 is 0 Å². The molecule has 2 heteroatoms. The molecule has 0 spiro atoms. The van der Waals surface area contributed by atoms with E-state index in [1.807, 2.05) is 19.9 Å². The van der Waals surface area contributed by atoms with Crippen molar-refractivity contribution in [1.82, 2.24) is 0 Å². The van der Waals surface area contributed by atoms with Crippen LogP contribution in [-0.4, -0.2) is 13.0 Å². The molecule has 0 N–H and O–H groups in total. The van der Waals surface area contributed by atoms with Gasteiger partial charge in [0.1, 0.15) is 0 Å². The van der Waals surface area contributed by atoms with Crippen molar-refractivity contribution in [3.8, 4) is 0 Å². The minimum Gasteiger partial charge on any atom is -0.263 e. The van der Waals surface area contributed by atoms with Gasteiger partial charge in [-0.1, -0.05) is 26.8 Å². The zero-order valence-electron chi connectivity index (χ0n) is 9.50. The molecule has 0 fully saturated rings. The van der Waals surface area contributed by atoms with Gasteiger partial charge in [0.2, 0.25) is 0 Å². The molecule has 0 heterocycles. The maximum Gasteiger partial charge on any atom is 0.0758 e. The maximum atomic E-state index is 3.95. The first-order valence-electron chi connectivity index (χ1n) is 4.95. The summed E-state index contributed by atoms with van der Waals surface area (Å²) in [6, 6.07) is 6.30. The minimum absolute atomic E-state index is 0.986. The molecule has 1 aromatic carbocycles. The third-order valence-corrected chi connectivity index (χ3v) is 2.59. The number of hydrogen-bond donors (Lipinski definition) is 0. The van der Waals surface area contributed by atoms with E-state index >= 15 is 0 Å². The lowest BCUT2D eigenvalue weighted by atomic mass is 10.1. The lowest BCUT2D eigenvalue weighted by Crippen LogP contribution is -1.80. The summed E-state index contributed by atoms with van der Waals surface area (Å²) in [7, 11) is 0. The van der Waals surface area contributed by atoms with Gasteiger partial charge in [-0.25, -0.2) is 0 Å². The summed E-state index contributed by atoms with van der Waals surface area (Å²) in [5.74, 6) is 0. The van der Waals surface area contributed by atoms with Crippen LogP contribution in [0.1, 0.15) is 26.3 Å². The standard InChI is InChI=1S/C10H13NS.C2H6/c1-4-8-5-6-9(11-2)10(7-8)12-3;1-2/h5-7H,2,4H2,1,3H3;1-2H3. The zero-order chi connectivity index (χ0) is 11.0. The largest absolute Gasteiger partial charge is 0.263 e. The number of thioether (sulfide) groups is 1. The molecule has 0 unspecified atom stereocenters. The predicted octanol–water partition coefficient (Wildman–Crippen LogP) is 4.33. The van der Waals surface area contributed by atoms with Crippen molar-refractivity contribution < 1.29 is 0 Å². The molecule has 0 saturated carbocycles. The maximum absolute atomic E-state index is 3.95. The van der Waals surface area contributed by atoms with Crippen LogP contribution in [0.15, 0.2) is 28.1 Å². The molecule has 0 atom stereocenters. The Kier molecular flexibility index (Phi) is 7.21. The molecule has 0 saturated heterocycles. The Labute approximate surface area is 91.6 Å². The van der Waals surface area contributed by atoms with Gasteiger partial charge >= 0.3 is 0 Å². The van der Waals surface area contributed by atoms with Crippen molar-refractivity contribution in [3.05, 3.63) is 23.8 Å². The first kappa shape index (κ1) is 13.2. The van der Waals surface area contributed by atoms with Crippen molar-refractivity contribution in [2.75, 3.05) is 6.26 Å². The van der Waals surface area contributed by atoms with Crippen LogP contribution in [0, 0.1) is 0 Å². The summed E-state index contributed by atoms with van der Waals surface area (Å²) in [4.78, 5) is 5.16. The Hall–Kier alpha value is -0.760. The molecule has 1 nitrogen and oxygen atoms in total. The average Bonchev–Trinajstić information content (AvgIpc) is 2.30. The smallest absolute Gasteiger partial charge is 0.0758 e. The highest BCUT2D eigenvalue weighted by molar-refractivity contribution is 7.98. The molecular formula is C12H19NS. The highest BCUT2D eigenvalue weighted by Gasteiger charge is 1.99. The normalized spacial score (nSPS) is 8.86. The average molecular weight is 209 g/mol. The molecule has 0 aliphatic carbocycles. The second-order valence-electron chi connectivity index (χ2n) is 2.52. The van der Waals surface area contributed by atoms with Crippen LogP contribution in [-0.2, 0) is 6.42 Å². The van der Waals surface area contributed by atoms with Crippen LogP contribution in [0.3, 0.4) is 0 Å². The minimum atomic E-state index is 0.986. The van der Waals surface area contributed by atoms with E-state index in [0.29, 0.717) is 0 Å².